The molecular formula is C56H35N7. The van der Waals surface area contributed by atoms with Gasteiger partial charge in [0.15, 0.2) is 0 Å². The van der Waals surface area contributed by atoms with Crippen molar-refractivity contribution in [1.29, 1.82) is 0 Å². The number of pyridine rings is 7. The van der Waals surface area contributed by atoms with Gasteiger partial charge in [-0.15, -0.1) is 0 Å². The molecule has 0 saturated heterocycles. The molecule has 13 rings (SSSR count). The molecule has 0 N–H and O–H groups in total. The van der Waals surface area contributed by atoms with Crippen LogP contribution in [0.25, 0.3) is 116 Å². The maximum absolute atomic E-state index is 5.50. The minimum absolute atomic E-state index is 0.475. The Kier molecular flexibility index (Phi) is 7.66. The summed E-state index contributed by atoms with van der Waals surface area (Å²) in [6.07, 6.45) is 12.8. The zero-order valence-corrected chi connectivity index (χ0v) is 34.2. The molecule has 1 atom stereocenters. The van der Waals surface area contributed by atoms with Crippen LogP contribution in [0.2, 0.25) is 0 Å². The molecule has 294 valence electrons. The lowest BCUT2D eigenvalue weighted by Crippen LogP contribution is -2.26. The van der Waals surface area contributed by atoms with Crippen molar-refractivity contribution in [3.63, 3.8) is 0 Å². The van der Waals surface area contributed by atoms with Crippen molar-refractivity contribution in [1.82, 2.24) is 34.9 Å². The van der Waals surface area contributed by atoms with Crippen LogP contribution in [-0.2, 0) is 11.8 Å². The van der Waals surface area contributed by atoms with Crippen molar-refractivity contribution < 1.29 is 0 Å². The first-order valence-corrected chi connectivity index (χ1v) is 21.2. The van der Waals surface area contributed by atoms with Crippen LogP contribution in [-0.4, -0.2) is 34.9 Å². The summed E-state index contributed by atoms with van der Waals surface area (Å²) in [7, 11) is 0. The fourth-order valence-corrected chi connectivity index (χ4v) is 9.78. The van der Waals surface area contributed by atoms with Crippen molar-refractivity contribution in [3.8, 4) is 33.8 Å². The number of fused-ring (bicyclic) bond motifs is 12. The highest BCUT2D eigenvalue weighted by molar-refractivity contribution is 6.06. The summed E-state index contributed by atoms with van der Waals surface area (Å²) in [6.45, 7) is 2.34. The summed E-state index contributed by atoms with van der Waals surface area (Å²) in [4.78, 5) is 35.9. The topological polar surface area (TPSA) is 90.2 Å². The third kappa shape index (κ3) is 5.63. The second-order valence-corrected chi connectivity index (χ2v) is 16.8. The van der Waals surface area contributed by atoms with Gasteiger partial charge in [0, 0.05) is 84.6 Å². The predicted molar refractivity (Wildman–Crippen MR) is 256 cm³/mol. The molecule has 63 heavy (non-hydrogen) atoms. The predicted octanol–water partition coefficient (Wildman–Crippen LogP) is 13.1. The van der Waals surface area contributed by atoms with Gasteiger partial charge in [-0.2, -0.15) is 0 Å². The Hall–Kier alpha value is -8.29. The minimum Gasteiger partial charge on any atom is -0.256 e. The van der Waals surface area contributed by atoms with E-state index in [1.807, 2.05) is 49.1 Å². The molecular weight excluding hydrogens is 771 g/mol. The van der Waals surface area contributed by atoms with Crippen LogP contribution >= 0.6 is 0 Å². The Labute approximate surface area is 361 Å². The number of aromatic nitrogens is 7. The largest absolute Gasteiger partial charge is 0.256 e. The average Bonchev–Trinajstić information content (AvgIpc) is 3.35. The molecule has 0 spiro atoms. The van der Waals surface area contributed by atoms with E-state index in [9.17, 15) is 0 Å². The number of nitrogens with zero attached hydrogens (tertiary/aromatic N) is 7. The van der Waals surface area contributed by atoms with Gasteiger partial charge < -0.3 is 0 Å². The second-order valence-electron chi connectivity index (χ2n) is 16.8. The fraction of sp³-hybridized carbons (Fsp3) is 0.0536. The maximum atomic E-state index is 5.50. The highest BCUT2D eigenvalue weighted by atomic mass is 14.8. The Bertz CT molecular complexity index is 3930. The van der Waals surface area contributed by atoms with E-state index in [-0.39, 0.29) is 0 Å². The molecule has 0 fully saturated rings. The van der Waals surface area contributed by atoms with E-state index in [1.165, 1.54) is 11.1 Å². The van der Waals surface area contributed by atoms with E-state index in [0.29, 0.717) is 0 Å². The van der Waals surface area contributed by atoms with Gasteiger partial charge in [-0.25, -0.2) is 15.0 Å². The van der Waals surface area contributed by atoms with Gasteiger partial charge in [0.25, 0.3) is 0 Å². The van der Waals surface area contributed by atoms with Crippen LogP contribution in [0.5, 0.6) is 0 Å². The van der Waals surface area contributed by atoms with Gasteiger partial charge in [-0.3, -0.25) is 19.9 Å². The van der Waals surface area contributed by atoms with E-state index in [0.717, 1.165) is 122 Å². The zero-order valence-electron chi connectivity index (χ0n) is 34.2. The minimum atomic E-state index is -0.475. The molecule has 1 aliphatic rings. The van der Waals surface area contributed by atoms with Gasteiger partial charge in [0.05, 0.1) is 55.7 Å². The van der Waals surface area contributed by atoms with Crippen LogP contribution in [0.3, 0.4) is 0 Å². The molecule has 0 radical (unpaired) electrons. The average molecular weight is 806 g/mol. The van der Waals surface area contributed by atoms with Crippen LogP contribution in [0.4, 0.5) is 0 Å². The normalized spacial score (nSPS) is 15.0. The van der Waals surface area contributed by atoms with Gasteiger partial charge in [0.2, 0.25) is 0 Å². The fourth-order valence-electron chi connectivity index (χ4n) is 9.78. The Morgan fingerprint density at radius 2 is 0.762 bits per heavy atom. The number of allylic oxidation sites excluding steroid dienone is 1. The zero-order chi connectivity index (χ0) is 41.6. The van der Waals surface area contributed by atoms with Gasteiger partial charge >= 0.3 is 0 Å². The van der Waals surface area contributed by atoms with E-state index in [4.69, 9.17) is 34.9 Å². The lowest BCUT2D eigenvalue weighted by Gasteiger charge is -2.34. The van der Waals surface area contributed by atoms with Crippen molar-refractivity contribution in [2.75, 3.05) is 0 Å². The van der Waals surface area contributed by atoms with Crippen molar-refractivity contribution in [3.05, 3.63) is 193 Å². The standard InChI is InChI=1S/C56H35N7/c1-56(25-24-33-10-11-34-6-2-26-57-49(34)44(33)32-56)45-31-42(47-22-19-39-16-13-36-8-4-28-59-51(36)54(39)62-47)41(46-21-18-38-15-12-35-7-3-27-58-50(35)53(38)61-46)30-43(45)48-23-20-40-17-14-37-9-5-29-60-52(37)55(40)63-48/h2-31H,32H2,1H3. The first kappa shape index (κ1) is 35.5. The lowest BCUT2D eigenvalue weighted by atomic mass is 9.70. The van der Waals surface area contributed by atoms with Crippen LogP contribution in [0.1, 0.15) is 23.6 Å². The molecule has 7 heterocycles. The van der Waals surface area contributed by atoms with Crippen molar-refractivity contribution in [2.24, 2.45) is 0 Å². The highest BCUT2D eigenvalue weighted by Crippen LogP contribution is 2.47. The van der Waals surface area contributed by atoms with Gasteiger partial charge in [-0.05, 0) is 77.7 Å². The summed E-state index contributed by atoms with van der Waals surface area (Å²) < 4.78 is 0. The molecule has 7 nitrogen and oxygen atoms in total. The molecule has 1 unspecified atom stereocenters. The molecule has 0 aliphatic heterocycles. The molecule has 5 aromatic carbocycles. The first-order chi connectivity index (χ1) is 31.0. The van der Waals surface area contributed by atoms with Crippen LogP contribution < -0.4 is 0 Å². The van der Waals surface area contributed by atoms with E-state index >= 15 is 0 Å². The second kappa shape index (κ2) is 13.6. The summed E-state index contributed by atoms with van der Waals surface area (Å²) in [5, 5.41) is 7.37. The molecule has 1 aliphatic carbocycles. The summed E-state index contributed by atoms with van der Waals surface area (Å²) >= 11 is 0. The summed E-state index contributed by atoms with van der Waals surface area (Å²) in [5.74, 6) is 0. The number of rotatable bonds is 4. The van der Waals surface area contributed by atoms with Crippen molar-refractivity contribution in [2.45, 2.75) is 18.8 Å². The molecule has 0 amide bonds. The number of hydrogen-bond donors (Lipinski definition) is 0. The van der Waals surface area contributed by atoms with E-state index in [1.54, 1.807) is 0 Å². The van der Waals surface area contributed by atoms with Crippen LogP contribution in [0.15, 0.2) is 176 Å². The summed E-state index contributed by atoms with van der Waals surface area (Å²) in [5.41, 5.74) is 14.7. The smallest absolute Gasteiger partial charge is 0.0972 e. The third-order valence-electron chi connectivity index (χ3n) is 13.0. The SMILES string of the molecule is CC1(c2cc(-c3ccc4ccc5cccnc5c4n3)c(-c3ccc4ccc5cccnc5c4n3)cc2-c2ccc3ccc4cccnc4c3n2)C=Cc2ccc3cccnc3c2C1. The van der Waals surface area contributed by atoms with Gasteiger partial charge in [0.1, 0.15) is 0 Å². The first-order valence-electron chi connectivity index (χ1n) is 21.2. The van der Waals surface area contributed by atoms with Crippen molar-refractivity contribution >= 4 is 82.4 Å². The van der Waals surface area contributed by atoms with E-state index < -0.39 is 5.41 Å². The monoisotopic (exact) mass is 805 g/mol. The molecule has 12 aromatic rings. The van der Waals surface area contributed by atoms with E-state index in [2.05, 4.69) is 140 Å². The maximum Gasteiger partial charge on any atom is 0.0972 e. The number of benzene rings is 5. The molecule has 7 aromatic heterocycles. The Morgan fingerprint density at radius 3 is 1.25 bits per heavy atom. The lowest BCUT2D eigenvalue weighted by molar-refractivity contribution is 0.591. The highest BCUT2D eigenvalue weighted by Gasteiger charge is 2.34. The Balaban J connectivity index is 1.13. The molecule has 7 heteroatoms. The molecule has 0 bridgehead atoms. The third-order valence-corrected chi connectivity index (χ3v) is 13.0. The molecule has 0 saturated carbocycles. The van der Waals surface area contributed by atoms with Gasteiger partial charge in [-0.1, -0.05) is 110 Å². The Morgan fingerprint density at radius 1 is 0.381 bits per heavy atom. The summed E-state index contributed by atoms with van der Waals surface area (Å²) in [6, 6.07) is 51.0. The quantitative estimate of drug-likeness (QED) is 0.164. The van der Waals surface area contributed by atoms with Crippen LogP contribution in [0, 0.1) is 0 Å². The number of hydrogen-bond acceptors (Lipinski definition) is 7.